The van der Waals surface area contributed by atoms with Crippen LogP contribution >= 0.6 is 0 Å². The number of hydrogen-bond donors (Lipinski definition) is 2. The van der Waals surface area contributed by atoms with Gasteiger partial charge in [-0.1, -0.05) is 68.0 Å². The van der Waals surface area contributed by atoms with E-state index in [1.54, 1.807) is 30.1 Å². The molecule has 4 aliphatic rings. The van der Waals surface area contributed by atoms with E-state index in [2.05, 4.69) is 5.32 Å². The van der Waals surface area contributed by atoms with Gasteiger partial charge in [-0.05, 0) is 25.3 Å². The van der Waals surface area contributed by atoms with Crippen LogP contribution in [0, 0.1) is 11.8 Å². The minimum atomic E-state index is -1.38. The summed E-state index contributed by atoms with van der Waals surface area (Å²) in [6.07, 6.45) is 8.60. The zero-order chi connectivity index (χ0) is 29.1. The Labute approximate surface area is 240 Å². The highest BCUT2D eigenvalue weighted by Crippen LogP contribution is 2.53. The zero-order valence-electron chi connectivity index (χ0n) is 23.6. The van der Waals surface area contributed by atoms with Crippen LogP contribution in [0.4, 0.5) is 0 Å². The molecule has 10 heteroatoms. The SMILES string of the molecule is CCCCN1CC=C[C@@]23O[C@H]4/C=C\CCC(=O)OC[C@H](c5ccccc5)NC(=O)[C@H]4[C@@H]2C(=O)N([C@H](C)CO)[C@H]3C1=O. The van der Waals surface area contributed by atoms with Gasteiger partial charge in [0.05, 0.1) is 36.6 Å². The van der Waals surface area contributed by atoms with E-state index in [1.807, 2.05) is 43.3 Å². The maximum Gasteiger partial charge on any atom is 0.306 e. The highest BCUT2D eigenvalue weighted by molar-refractivity contribution is 6.00. The monoisotopic (exact) mass is 565 g/mol. The second-order valence-corrected chi connectivity index (χ2v) is 11.3. The van der Waals surface area contributed by atoms with Crippen LogP contribution in [-0.2, 0) is 28.7 Å². The van der Waals surface area contributed by atoms with Crippen molar-refractivity contribution in [3.63, 3.8) is 0 Å². The highest BCUT2D eigenvalue weighted by Gasteiger charge is 2.72. The average molecular weight is 566 g/mol. The van der Waals surface area contributed by atoms with Crippen molar-refractivity contribution < 1.29 is 33.8 Å². The van der Waals surface area contributed by atoms with E-state index in [0.717, 1.165) is 18.4 Å². The van der Waals surface area contributed by atoms with Crippen LogP contribution in [0.25, 0.3) is 0 Å². The number of unbranched alkanes of at least 4 members (excludes halogenated alkanes) is 1. The molecule has 0 bridgehead atoms. The van der Waals surface area contributed by atoms with Crippen LogP contribution in [0.3, 0.4) is 0 Å². The van der Waals surface area contributed by atoms with Crippen molar-refractivity contribution in [1.82, 2.24) is 15.1 Å². The Morgan fingerprint density at radius 3 is 2.63 bits per heavy atom. The van der Waals surface area contributed by atoms with E-state index in [-0.39, 0.29) is 31.5 Å². The lowest BCUT2D eigenvalue weighted by atomic mass is 9.77. The van der Waals surface area contributed by atoms with Crippen LogP contribution in [0.2, 0.25) is 0 Å². The third kappa shape index (κ3) is 5.30. The van der Waals surface area contributed by atoms with Crippen molar-refractivity contribution in [3.8, 4) is 0 Å². The molecule has 0 unspecified atom stereocenters. The van der Waals surface area contributed by atoms with Gasteiger partial charge in [0.25, 0.3) is 0 Å². The van der Waals surface area contributed by atoms with Gasteiger partial charge in [0, 0.05) is 19.5 Å². The Hall–Kier alpha value is -3.50. The maximum absolute atomic E-state index is 14.3. The third-order valence-corrected chi connectivity index (χ3v) is 8.61. The quantitative estimate of drug-likeness (QED) is 0.399. The standard InChI is InChI=1S/C31H39N3O7/c1-3-4-16-33-17-10-15-31-26(29(38)34(20(2)18-35)27(31)30(33)39)25-23(41-31)13-8-9-14-24(36)40-19-22(32-28(25)37)21-11-6-5-7-12-21/h5-8,10-13,15,20,22-23,25-27,35H,3-4,9,14,16-19H2,1-2H3,(H,32,37)/b13-8-/t20-,22-,23+,25-,26-,27+,31-/m1/s1. The summed E-state index contributed by atoms with van der Waals surface area (Å²) in [5, 5.41) is 13.1. The van der Waals surface area contributed by atoms with Crippen LogP contribution < -0.4 is 5.32 Å². The van der Waals surface area contributed by atoms with Gasteiger partial charge in [-0.15, -0.1) is 0 Å². The summed E-state index contributed by atoms with van der Waals surface area (Å²) in [4.78, 5) is 58.0. The predicted octanol–water partition coefficient (Wildman–Crippen LogP) is 1.90. The normalized spacial score (nSPS) is 33.5. The fourth-order valence-corrected chi connectivity index (χ4v) is 6.54. The number of carbonyl (C=O) groups excluding carboxylic acids is 4. The Kier molecular flexibility index (Phi) is 8.60. The number of fused-ring (bicyclic) bond motifs is 2. The first-order valence-electron chi connectivity index (χ1n) is 14.6. The smallest absolute Gasteiger partial charge is 0.306 e. The van der Waals surface area contributed by atoms with Gasteiger partial charge < -0.3 is 29.7 Å². The van der Waals surface area contributed by atoms with E-state index >= 15 is 0 Å². The maximum atomic E-state index is 14.3. The Morgan fingerprint density at radius 2 is 1.90 bits per heavy atom. The summed E-state index contributed by atoms with van der Waals surface area (Å²) < 4.78 is 12.2. The molecular formula is C31H39N3O7. The van der Waals surface area contributed by atoms with E-state index in [0.29, 0.717) is 19.5 Å². The number of allylic oxidation sites excluding steroid dienone is 1. The highest BCUT2D eigenvalue weighted by atomic mass is 16.5. The van der Waals surface area contributed by atoms with Crippen LogP contribution in [-0.4, -0.2) is 88.7 Å². The van der Waals surface area contributed by atoms with Crippen molar-refractivity contribution in [3.05, 3.63) is 60.2 Å². The largest absolute Gasteiger partial charge is 0.463 e. The number of nitrogens with one attached hydrogen (secondary N) is 1. The van der Waals surface area contributed by atoms with Crippen LogP contribution in [0.15, 0.2) is 54.6 Å². The third-order valence-electron chi connectivity index (χ3n) is 8.61. The molecule has 4 aliphatic heterocycles. The van der Waals surface area contributed by atoms with Crippen molar-refractivity contribution >= 4 is 23.7 Å². The number of cyclic esters (lactones) is 1. The molecule has 10 nitrogen and oxygen atoms in total. The van der Waals surface area contributed by atoms with Crippen LogP contribution in [0.1, 0.15) is 51.1 Å². The molecule has 1 aromatic carbocycles. The number of aliphatic hydroxyl groups excluding tert-OH is 1. The number of esters is 1. The molecule has 2 saturated heterocycles. The van der Waals surface area contributed by atoms with E-state index in [9.17, 15) is 24.3 Å². The number of nitrogens with zero attached hydrogens (tertiary/aromatic N) is 2. The fraction of sp³-hybridized carbons (Fsp3) is 0.548. The number of carbonyl (C=O) groups is 4. The molecule has 0 aromatic heterocycles. The summed E-state index contributed by atoms with van der Waals surface area (Å²) in [5.41, 5.74) is -0.627. The number of ether oxygens (including phenoxy) is 2. The van der Waals surface area contributed by atoms with E-state index in [4.69, 9.17) is 9.47 Å². The van der Waals surface area contributed by atoms with Gasteiger partial charge >= 0.3 is 5.97 Å². The van der Waals surface area contributed by atoms with Gasteiger partial charge in [0.2, 0.25) is 17.7 Å². The Balaban J connectivity index is 1.58. The van der Waals surface area contributed by atoms with E-state index < -0.39 is 53.5 Å². The molecule has 220 valence electrons. The summed E-state index contributed by atoms with van der Waals surface area (Å²) in [6.45, 7) is 4.26. The zero-order valence-corrected chi connectivity index (χ0v) is 23.6. The number of benzene rings is 1. The fourth-order valence-electron chi connectivity index (χ4n) is 6.54. The Bertz CT molecular complexity index is 1220. The minimum absolute atomic E-state index is 0.0542. The molecule has 1 spiro atoms. The molecule has 7 atom stereocenters. The first-order valence-corrected chi connectivity index (χ1v) is 14.6. The van der Waals surface area contributed by atoms with Crippen molar-refractivity contribution in [2.45, 2.75) is 69.4 Å². The first-order chi connectivity index (χ1) is 19.8. The number of hydrogen-bond acceptors (Lipinski definition) is 7. The lowest BCUT2D eigenvalue weighted by molar-refractivity contribution is -0.150. The van der Waals surface area contributed by atoms with Crippen molar-refractivity contribution in [2.24, 2.45) is 11.8 Å². The molecule has 2 N–H and O–H groups in total. The molecule has 3 amide bonds. The lowest BCUT2D eigenvalue weighted by Crippen LogP contribution is -2.57. The topological polar surface area (TPSA) is 125 Å². The molecule has 0 radical (unpaired) electrons. The molecule has 0 aliphatic carbocycles. The van der Waals surface area contributed by atoms with Gasteiger partial charge in [0.1, 0.15) is 18.2 Å². The summed E-state index contributed by atoms with van der Waals surface area (Å²) in [5.74, 6) is -3.37. The van der Waals surface area contributed by atoms with Crippen LogP contribution in [0.5, 0.6) is 0 Å². The van der Waals surface area contributed by atoms with Crippen molar-refractivity contribution in [1.29, 1.82) is 0 Å². The van der Waals surface area contributed by atoms with Gasteiger partial charge in [0.15, 0.2) is 0 Å². The van der Waals surface area contributed by atoms with Crippen molar-refractivity contribution in [2.75, 3.05) is 26.3 Å². The number of rotatable bonds is 6. The average Bonchev–Trinajstić information content (AvgIpc) is 3.37. The first kappa shape index (κ1) is 29.0. The Morgan fingerprint density at radius 1 is 1.12 bits per heavy atom. The predicted molar refractivity (Wildman–Crippen MR) is 149 cm³/mol. The lowest BCUT2D eigenvalue weighted by Gasteiger charge is -2.37. The molecule has 41 heavy (non-hydrogen) atoms. The van der Waals surface area contributed by atoms with Gasteiger partial charge in [-0.2, -0.15) is 0 Å². The molecule has 0 saturated carbocycles. The van der Waals surface area contributed by atoms with Gasteiger partial charge in [-0.3, -0.25) is 19.2 Å². The summed E-state index contributed by atoms with van der Waals surface area (Å²) in [6, 6.07) is 6.91. The minimum Gasteiger partial charge on any atom is -0.463 e. The molecular weight excluding hydrogens is 526 g/mol. The summed E-state index contributed by atoms with van der Waals surface area (Å²) >= 11 is 0. The van der Waals surface area contributed by atoms with Gasteiger partial charge in [-0.25, -0.2) is 0 Å². The molecule has 4 heterocycles. The number of likely N-dealkylation sites (tertiary alicyclic amines) is 1. The summed E-state index contributed by atoms with van der Waals surface area (Å²) in [7, 11) is 0. The second kappa shape index (κ2) is 12.2. The number of amides is 3. The number of aliphatic hydroxyl groups is 1. The second-order valence-electron chi connectivity index (χ2n) is 11.3. The molecule has 2 fully saturated rings. The molecule has 5 rings (SSSR count). The van der Waals surface area contributed by atoms with E-state index in [1.165, 1.54) is 4.90 Å². The molecule has 1 aromatic rings.